The minimum Gasteiger partial charge on any atom is -0.454 e. The van der Waals surface area contributed by atoms with Crippen molar-refractivity contribution in [2.45, 2.75) is 30.3 Å². The van der Waals surface area contributed by atoms with Crippen molar-refractivity contribution in [3.05, 3.63) is 60.0 Å². The van der Waals surface area contributed by atoms with Gasteiger partial charge in [-0.1, -0.05) is 0 Å². The van der Waals surface area contributed by atoms with E-state index in [-0.39, 0.29) is 24.8 Å². The van der Waals surface area contributed by atoms with Crippen LogP contribution < -0.4 is 19.7 Å². The highest BCUT2D eigenvalue weighted by atomic mass is 32.2. The van der Waals surface area contributed by atoms with Crippen LogP contribution in [0.25, 0.3) is 11.3 Å². The second-order valence-electron chi connectivity index (χ2n) is 9.66. The fraction of sp³-hybridized carbons (Fsp3) is 0.370. The molecule has 2 fully saturated rings. The van der Waals surface area contributed by atoms with Crippen LogP contribution in [-0.4, -0.2) is 74.3 Å². The molecule has 1 N–H and O–H groups in total. The van der Waals surface area contributed by atoms with Crippen LogP contribution in [0.4, 0.5) is 10.3 Å². The number of aromatic nitrogens is 2. The number of nitrogens with one attached hydrogen (secondary N) is 1. The second-order valence-corrected chi connectivity index (χ2v) is 11.5. The van der Waals surface area contributed by atoms with E-state index in [0.717, 1.165) is 17.7 Å². The number of ether oxygens (including phenoxy) is 3. The SMILES string of the molecule is O=C(NCc1cc(-c2ccc3c(c2)OCO3)nc(N2CCOCC2)n1)[C@@H]1CCCN1S(=O)(=O)c1ccc(F)cc1. The van der Waals surface area contributed by atoms with Crippen LogP contribution in [-0.2, 0) is 26.1 Å². The first kappa shape index (κ1) is 26.4. The van der Waals surface area contributed by atoms with Gasteiger partial charge in [-0.25, -0.2) is 22.8 Å². The molecule has 1 amide bonds. The van der Waals surface area contributed by atoms with Crippen molar-refractivity contribution in [1.82, 2.24) is 19.6 Å². The number of nitrogens with zero attached hydrogens (tertiary/aromatic N) is 4. The van der Waals surface area contributed by atoms with E-state index in [9.17, 15) is 17.6 Å². The van der Waals surface area contributed by atoms with Crippen LogP contribution in [0.15, 0.2) is 53.4 Å². The first-order valence-corrected chi connectivity index (χ1v) is 14.5. The summed E-state index contributed by atoms with van der Waals surface area (Å²) in [5.74, 6) is 0.859. The van der Waals surface area contributed by atoms with Crippen molar-refractivity contribution < 1.29 is 31.8 Å². The van der Waals surface area contributed by atoms with Gasteiger partial charge in [0.2, 0.25) is 28.7 Å². The number of hydrogen-bond donors (Lipinski definition) is 1. The Kier molecular flexibility index (Phi) is 7.26. The van der Waals surface area contributed by atoms with Crippen molar-refractivity contribution in [2.75, 3.05) is 44.5 Å². The van der Waals surface area contributed by atoms with E-state index in [1.165, 1.54) is 16.4 Å². The Morgan fingerprint density at radius 1 is 1.00 bits per heavy atom. The van der Waals surface area contributed by atoms with Gasteiger partial charge in [0.1, 0.15) is 11.9 Å². The molecule has 0 bridgehead atoms. The molecule has 0 radical (unpaired) electrons. The zero-order valence-electron chi connectivity index (χ0n) is 21.6. The van der Waals surface area contributed by atoms with E-state index in [2.05, 4.69) is 5.32 Å². The smallest absolute Gasteiger partial charge is 0.243 e. The molecule has 0 aliphatic carbocycles. The summed E-state index contributed by atoms with van der Waals surface area (Å²) in [5.41, 5.74) is 2.03. The molecular formula is C27H28FN5O6S. The van der Waals surface area contributed by atoms with E-state index >= 15 is 0 Å². The Hall–Kier alpha value is -3.81. The maximum Gasteiger partial charge on any atom is 0.243 e. The van der Waals surface area contributed by atoms with Gasteiger partial charge in [0.25, 0.3) is 0 Å². The number of amides is 1. The topological polar surface area (TPSA) is 123 Å². The lowest BCUT2D eigenvalue weighted by atomic mass is 10.1. The highest BCUT2D eigenvalue weighted by Gasteiger charge is 2.39. The van der Waals surface area contributed by atoms with E-state index in [0.29, 0.717) is 68.0 Å². The summed E-state index contributed by atoms with van der Waals surface area (Å²) < 4.78 is 57.4. The standard InChI is InChI=1S/C27H28FN5O6S/c28-19-4-6-21(7-5-19)40(35,36)33-9-1-2-23(33)26(34)29-16-20-15-22(18-3-8-24-25(14-18)39-17-38-24)31-27(30-20)32-10-12-37-13-11-32/h3-8,14-15,23H,1-2,9-13,16-17H2,(H,29,34)/t23-/m0/s1. The van der Waals surface area contributed by atoms with Crippen molar-refractivity contribution in [2.24, 2.45) is 0 Å². The number of benzene rings is 2. The number of anilines is 1. The van der Waals surface area contributed by atoms with Gasteiger partial charge in [-0.05, 0) is 61.4 Å². The summed E-state index contributed by atoms with van der Waals surface area (Å²) in [7, 11) is -3.96. The van der Waals surface area contributed by atoms with Crippen molar-refractivity contribution in [3.8, 4) is 22.8 Å². The van der Waals surface area contributed by atoms with E-state index < -0.39 is 27.8 Å². The number of carbonyl (C=O) groups excluding carboxylic acids is 1. The molecule has 0 unspecified atom stereocenters. The van der Waals surface area contributed by atoms with Crippen LogP contribution in [0, 0.1) is 5.82 Å². The summed E-state index contributed by atoms with van der Waals surface area (Å²) in [4.78, 5) is 24.7. The number of morpholine rings is 1. The second kappa shape index (κ2) is 11.0. The Morgan fingerprint density at radius 3 is 2.58 bits per heavy atom. The number of rotatable bonds is 7. The number of fused-ring (bicyclic) bond motifs is 1. The minimum atomic E-state index is -3.96. The molecule has 1 atom stereocenters. The van der Waals surface area contributed by atoms with Crippen LogP contribution in [0.1, 0.15) is 18.5 Å². The average Bonchev–Trinajstić information content (AvgIpc) is 3.67. The van der Waals surface area contributed by atoms with Gasteiger partial charge in [0.05, 0.1) is 36.0 Å². The highest BCUT2D eigenvalue weighted by Crippen LogP contribution is 2.36. The maximum atomic E-state index is 13.4. The third kappa shape index (κ3) is 5.31. The zero-order valence-corrected chi connectivity index (χ0v) is 22.4. The molecule has 1 aromatic heterocycles. The lowest BCUT2D eigenvalue weighted by Crippen LogP contribution is -2.45. The number of carbonyl (C=O) groups is 1. The number of hydrogen-bond acceptors (Lipinski definition) is 9. The van der Waals surface area contributed by atoms with Gasteiger partial charge in [-0.15, -0.1) is 0 Å². The predicted molar refractivity (Wildman–Crippen MR) is 142 cm³/mol. The third-order valence-electron chi connectivity index (χ3n) is 7.10. The van der Waals surface area contributed by atoms with Gasteiger partial charge in [-0.3, -0.25) is 4.79 Å². The Labute approximate surface area is 230 Å². The number of halogens is 1. The molecule has 0 spiro atoms. The molecule has 2 saturated heterocycles. The molecule has 3 aliphatic rings. The van der Waals surface area contributed by atoms with Crippen LogP contribution in [0.3, 0.4) is 0 Å². The Bertz CT molecular complexity index is 1510. The van der Waals surface area contributed by atoms with Gasteiger partial charge < -0.3 is 24.4 Å². The summed E-state index contributed by atoms with van der Waals surface area (Å²) in [6.07, 6.45) is 0.930. The highest BCUT2D eigenvalue weighted by molar-refractivity contribution is 7.89. The monoisotopic (exact) mass is 569 g/mol. The molecule has 3 aromatic rings. The van der Waals surface area contributed by atoms with E-state index in [1.54, 1.807) is 6.07 Å². The van der Waals surface area contributed by atoms with Crippen molar-refractivity contribution in [3.63, 3.8) is 0 Å². The fourth-order valence-corrected chi connectivity index (χ4v) is 6.67. The van der Waals surface area contributed by atoms with E-state index in [1.807, 2.05) is 23.1 Å². The summed E-state index contributed by atoms with van der Waals surface area (Å²) in [6.45, 7) is 2.84. The molecule has 210 valence electrons. The predicted octanol–water partition coefficient (Wildman–Crippen LogP) is 2.32. The maximum absolute atomic E-state index is 13.4. The van der Waals surface area contributed by atoms with Crippen molar-refractivity contribution >= 4 is 21.9 Å². The molecule has 3 aliphatic heterocycles. The molecule has 4 heterocycles. The lowest BCUT2D eigenvalue weighted by molar-refractivity contribution is -0.124. The molecule has 2 aromatic carbocycles. The average molecular weight is 570 g/mol. The molecule has 6 rings (SSSR count). The molecule has 11 nitrogen and oxygen atoms in total. The minimum absolute atomic E-state index is 0.0482. The number of sulfonamides is 1. The van der Waals surface area contributed by atoms with Crippen LogP contribution in [0.5, 0.6) is 11.5 Å². The summed E-state index contributed by atoms with van der Waals surface area (Å²) >= 11 is 0. The zero-order chi connectivity index (χ0) is 27.7. The Morgan fingerprint density at radius 2 is 1.77 bits per heavy atom. The van der Waals surface area contributed by atoms with E-state index in [4.69, 9.17) is 24.2 Å². The quantitative estimate of drug-likeness (QED) is 0.457. The van der Waals surface area contributed by atoms with Crippen molar-refractivity contribution in [1.29, 1.82) is 0 Å². The first-order valence-electron chi connectivity index (χ1n) is 13.0. The normalized spacial score (nSPS) is 19.1. The van der Waals surface area contributed by atoms with Gasteiger partial charge in [-0.2, -0.15) is 4.31 Å². The lowest BCUT2D eigenvalue weighted by Gasteiger charge is -2.27. The molecule has 0 saturated carbocycles. The fourth-order valence-electron chi connectivity index (χ4n) is 5.01. The van der Waals surface area contributed by atoms with Gasteiger partial charge >= 0.3 is 0 Å². The molecule has 40 heavy (non-hydrogen) atoms. The van der Waals surface area contributed by atoms with Gasteiger partial charge in [0.15, 0.2) is 11.5 Å². The summed E-state index contributed by atoms with van der Waals surface area (Å²) in [6, 6.07) is 11.1. The van der Waals surface area contributed by atoms with Gasteiger partial charge in [0, 0.05) is 25.2 Å². The van der Waals surface area contributed by atoms with Crippen LogP contribution >= 0.6 is 0 Å². The third-order valence-corrected chi connectivity index (χ3v) is 9.02. The Balaban J connectivity index is 1.23. The molecule has 13 heteroatoms. The van der Waals surface area contributed by atoms with Crippen LogP contribution in [0.2, 0.25) is 0 Å². The summed E-state index contributed by atoms with van der Waals surface area (Å²) in [5, 5.41) is 2.87. The first-order chi connectivity index (χ1) is 19.4. The largest absolute Gasteiger partial charge is 0.454 e. The molecular weight excluding hydrogens is 541 g/mol.